The number of rotatable bonds is 4. The molecule has 0 spiro atoms. The van der Waals surface area contributed by atoms with E-state index in [9.17, 15) is 14.0 Å². The van der Waals surface area contributed by atoms with E-state index < -0.39 is 11.8 Å². The Morgan fingerprint density at radius 2 is 1.26 bits per heavy atom. The van der Waals surface area contributed by atoms with Crippen LogP contribution in [0.1, 0.15) is 43.0 Å². The molecular formula is C30H23FO4. The molecule has 0 amide bonds. The van der Waals surface area contributed by atoms with Crippen molar-refractivity contribution in [2.24, 2.45) is 5.92 Å². The molecule has 0 saturated carbocycles. The third-order valence-electron chi connectivity index (χ3n) is 4.62. The number of carbonyl (C=O) groups is 2. The Hall–Kier alpha value is -4.61. The van der Waals surface area contributed by atoms with Crippen molar-refractivity contribution < 1.29 is 23.5 Å². The van der Waals surface area contributed by atoms with Crippen molar-refractivity contribution in [1.82, 2.24) is 0 Å². The summed E-state index contributed by atoms with van der Waals surface area (Å²) in [5.74, 6) is 10.9. The number of halogens is 1. The number of hydrogen-bond acceptors (Lipinski definition) is 4. The van der Waals surface area contributed by atoms with Crippen LogP contribution in [-0.2, 0) is 9.59 Å². The number of ether oxygens (including phenoxy) is 2. The van der Waals surface area contributed by atoms with Gasteiger partial charge in [0.25, 0.3) is 0 Å². The van der Waals surface area contributed by atoms with Gasteiger partial charge in [0.15, 0.2) is 0 Å². The van der Waals surface area contributed by atoms with Crippen molar-refractivity contribution >= 4 is 11.9 Å². The van der Waals surface area contributed by atoms with Crippen LogP contribution >= 0.6 is 0 Å². The molecule has 0 saturated heterocycles. The lowest BCUT2D eigenvalue weighted by Crippen LogP contribution is -2.14. The minimum Gasteiger partial charge on any atom is -0.426 e. The van der Waals surface area contributed by atoms with E-state index in [2.05, 4.69) is 30.3 Å². The molecule has 0 unspecified atom stereocenters. The standard InChI is InChI=1S/C30H23FO4/c1-20(2)29(32)34-26-15-9-22(10-16-26)5-6-24-8-14-25(28(31)19-24)13-7-23-11-17-27(18-12-23)35-30(33)21(3)4/h8-12,14-20H,3H2,1-2,4H3. The minimum atomic E-state index is -0.502. The molecule has 0 heterocycles. The molecule has 5 heteroatoms. The van der Waals surface area contributed by atoms with Gasteiger partial charge >= 0.3 is 11.9 Å². The van der Waals surface area contributed by atoms with Gasteiger partial charge in [0.1, 0.15) is 17.3 Å². The van der Waals surface area contributed by atoms with Crippen LogP contribution in [0.5, 0.6) is 11.5 Å². The molecule has 3 rings (SSSR count). The molecule has 0 bridgehead atoms. The number of hydrogen-bond donors (Lipinski definition) is 0. The number of esters is 2. The second kappa shape index (κ2) is 11.5. The number of carbonyl (C=O) groups excluding carboxylic acids is 2. The summed E-state index contributed by atoms with van der Waals surface area (Å²) in [7, 11) is 0. The Kier molecular flexibility index (Phi) is 8.22. The van der Waals surface area contributed by atoms with Gasteiger partial charge in [-0.25, -0.2) is 9.18 Å². The van der Waals surface area contributed by atoms with Crippen molar-refractivity contribution in [1.29, 1.82) is 0 Å². The van der Waals surface area contributed by atoms with Crippen LogP contribution < -0.4 is 9.47 Å². The van der Waals surface area contributed by atoms with Gasteiger partial charge < -0.3 is 9.47 Å². The highest BCUT2D eigenvalue weighted by atomic mass is 19.1. The largest absolute Gasteiger partial charge is 0.426 e. The summed E-state index contributed by atoms with van der Waals surface area (Å²) < 4.78 is 24.9. The molecule has 0 radical (unpaired) electrons. The van der Waals surface area contributed by atoms with Crippen molar-refractivity contribution in [3.05, 3.63) is 107 Å². The molecule has 35 heavy (non-hydrogen) atoms. The Morgan fingerprint density at radius 3 is 1.77 bits per heavy atom. The predicted octanol–water partition coefficient (Wildman–Crippen LogP) is 5.67. The van der Waals surface area contributed by atoms with Gasteiger partial charge in [-0.15, -0.1) is 0 Å². The van der Waals surface area contributed by atoms with Crippen LogP contribution in [0.3, 0.4) is 0 Å². The van der Waals surface area contributed by atoms with E-state index in [1.807, 2.05) is 0 Å². The molecule has 0 aromatic heterocycles. The van der Waals surface area contributed by atoms with Gasteiger partial charge in [-0.1, -0.05) is 44.1 Å². The Bertz CT molecular complexity index is 1380. The van der Waals surface area contributed by atoms with E-state index >= 15 is 0 Å². The highest BCUT2D eigenvalue weighted by Crippen LogP contribution is 2.15. The van der Waals surface area contributed by atoms with Crippen molar-refractivity contribution in [3.8, 4) is 35.2 Å². The maximum atomic E-state index is 14.5. The lowest BCUT2D eigenvalue weighted by molar-refractivity contribution is -0.137. The van der Waals surface area contributed by atoms with Gasteiger partial charge in [0, 0.05) is 22.3 Å². The van der Waals surface area contributed by atoms with E-state index in [1.165, 1.54) is 6.07 Å². The lowest BCUT2D eigenvalue weighted by atomic mass is 10.1. The topological polar surface area (TPSA) is 52.6 Å². The molecule has 0 aliphatic heterocycles. The second-order valence-corrected chi connectivity index (χ2v) is 7.99. The maximum absolute atomic E-state index is 14.5. The van der Waals surface area contributed by atoms with Gasteiger partial charge in [-0.3, -0.25) is 4.79 Å². The third kappa shape index (κ3) is 7.45. The van der Waals surface area contributed by atoms with E-state index in [1.54, 1.807) is 81.4 Å². The SMILES string of the molecule is C=C(C)C(=O)Oc1ccc(C#Cc2ccc(C#Cc3ccc(OC(=O)C(C)C)cc3)cc2F)cc1. The summed E-state index contributed by atoms with van der Waals surface area (Å²) in [6, 6.07) is 18.0. The fourth-order valence-electron chi connectivity index (χ4n) is 2.62. The van der Waals surface area contributed by atoms with Crippen molar-refractivity contribution in [3.63, 3.8) is 0 Å². The van der Waals surface area contributed by atoms with Crippen LogP contribution in [0.25, 0.3) is 0 Å². The lowest BCUT2D eigenvalue weighted by Gasteiger charge is -2.06. The van der Waals surface area contributed by atoms with Crippen LogP contribution in [0.4, 0.5) is 4.39 Å². The van der Waals surface area contributed by atoms with E-state index in [-0.39, 0.29) is 17.5 Å². The molecule has 0 aliphatic carbocycles. The van der Waals surface area contributed by atoms with Gasteiger partial charge in [0.2, 0.25) is 0 Å². The van der Waals surface area contributed by atoms with Crippen LogP contribution in [0, 0.1) is 35.4 Å². The number of benzene rings is 3. The highest BCUT2D eigenvalue weighted by molar-refractivity contribution is 5.88. The molecule has 4 nitrogen and oxygen atoms in total. The fourth-order valence-corrected chi connectivity index (χ4v) is 2.62. The molecule has 3 aromatic rings. The quantitative estimate of drug-likeness (QED) is 0.215. The fraction of sp³-hybridized carbons (Fsp3) is 0.133. The first-order valence-electron chi connectivity index (χ1n) is 10.8. The summed E-state index contributed by atoms with van der Waals surface area (Å²) in [5, 5.41) is 0. The second-order valence-electron chi connectivity index (χ2n) is 7.99. The zero-order chi connectivity index (χ0) is 25.4. The smallest absolute Gasteiger partial charge is 0.338 e. The summed E-state index contributed by atoms with van der Waals surface area (Å²) >= 11 is 0. The average Bonchev–Trinajstić information content (AvgIpc) is 2.83. The molecule has 174 valence electrons. The summed E-state index contributed by atoms with van der Waals surface area (Å²) in [6.45, 7) is 8.63. The van der Waals surface area contributed by atoms with Crippen LogP contribution in [-0.4, -0.2) is 11.9 Å². The molecule has 0 aliphatic rings. The summed E-state index contributed by atoms with van der Waals surface area (Å²) in [6.07, 6.45) is 0. The Labute approximate surface area is 204 Å². The molecule has 0 N–H and O–H groups in total. The van der Waals surface area contributed by atoms with E-state index in [0.29, 0.717) is 33.8 Å². The minimum absolute atomic E-state index is 0.212. The Balaban J connectivity index is 1.66. The molecule has 0 atom stereocenters. The monoisotopic (exact) mass is 466 g/mol. The molecule has 3 aromatic carbocycles. The normalized spacial score (nSPS) is 9.86. The first-order valence-corrected chi connectivity index (χ1v) is 10.8. The highest BCUT2D eigenvalue weighted by Gasteiger charge is 2.09. The first kappa shape index (κ1) is 25.0. The summed E-state index contributed by atoms with van der Waals surface area (Å²) in [4.78, 5) is 23.2. The van der Waals surface area contributed by atoms with Crippen LogP contribution in [0.15, 0.2) is 78.9 Å². The van der Waals surface area contributed by atoms with Crippen molar-refractivity contribution in [2.45, 2.75) is 20.8 Å². The zero-order valence-corrected chi connectivity index (χ0v) is 19.6. The third-order valence-corrected chi connectivity index (χ3v) is 4.62. The van der Waals surface area contributed by atoms with Gasteiger partial charge in [0.05, 0.1) is 11.5 Å². The first-order chi connectivity index (χ1) is 16.7. The van der Waals surface area contributed by atoms with E-state index in [4.69, 9.17) is 9.47 Å². The average molecular weight is 467 g/mol. The molecular weight excluding hydrogens is 443 g/mol. The Morgan fingerprint density at radius 1 is 0.771 bits per heavy atom. The van der Waals surface area contributed by atoms with Gasteiger partial charge in [-0.2, -0.15) is 0 Å². The summed E-state index contributed by atoms with van der Waals surface area (Å²) in [5.41, 5.74) is 2.40. The zero-order valence-electron chi connectivity index (χ0n) is 19.6. The van der Waals surface area contributed by atoms with E-state index in [0.717, 1.165) is 0 Å². The maximum Gasteiger partial charge on any atom is 0.338 e. The van der Waals surface area contributed by atoms with Crippen molar-refractivity contribution in [2.75, 3.05) is 0 Å². The predicted molar refractivity (Wildman–Crippen MR) is 132 cm³/mol. The van der Waals surface area contributed by atoms with Gasteiger partial charge in [-0.05, 0) is 73.7 Å². The van der Waals surface area contributed by atoms with Crippen LogP contribution in [0.2, 0.25) is 0 Å². The molecule has 0 fully saturated rings.